The predicted octanol–water partition coefficient (Wildman–Crippen LogP) is 2.51. The van der Waals surface area contributed by atoms with Crippen molar-refractivity contribution in [3.63, 3.8) is 0 Å². The highest BCUT2D eigenvalue weighted by atomic mass is 32.2. The van der Waals surface area contributed by atoms with Crippen molar-refractivity contribution in [2.75, 3.05) is 31.1 Å². The van der Waals surface area contributed by atoms with Gasteiger partial charge >= 0.3 is 0 Å². The highest BCUT2D eigenvalue weighted by Crippen LogP contribution is 2.32. The Bertz CT molecular complexity index is 1330. The summed E-state index contributed by atoms with van der Waals surface area (Å²) in [6.45, 7) is 3.33. The zero-order valence-corrected chi connectivity index (χ0v) is 20.6. The van der Waals surface area contributed by atoms with Crippen molar-refractivity contribution in [1.29, 1.82) is 0 Å². The molecule has 1 unspecified atom stereocenters. The number of carbonyl (C=O) groups is 1. The Morgan fingerprint density at radius 1 is 1.29 bits per heavy atom. The minimum atomic E-state index is -3.41. The number of amides is 1. The Hall–Kier alpha value is -3.16. The number of pyridine rings is 1. The first kappa shape index (κ1) is 23.6. The summed E-state index contributed by atoms with van der Waals surface area (Å²) in [5.74, 6) is 0.150. The van der Waals surface area contributed by atoms with E-state index >= 15 is 0 Å². The number of rotatable bonds is 8. The molecule has 184 valence electrons. The summed E-state index contributed by atoms with van der Waals surface area (Å²) in [6.07, 6.45) is 7.60. The van der Waals surface area contributed by atoms with Gasteiger partial charge in [-0.05, 0) is 31.9 Å². The van der Waals surface area contributed by atoms with Crippen LogP contribution in [0, 0.1) is 0 Å². The van der Waals surface area contributed by atoms with Crippen molar-refractivity contribution >= 4 is 33.0 Å². The molecule has 35 heavy (non-hydrogen) atoms. The molecule has 0 aromatic carbocycles. The smallest absolute Gasteiger partial charge is 0.283 e. The summed E-state index contributed by atoms with van der Waals surface area (Å²) in [4.78, 5) is 33.1. The first-order valence-electron chi connectivity index (χ1n) is 11.2. The van der Waals surface area contributed by atoms with E-state index in [0.717, 1.165) is 0 Å². The quantitative estimate of drug-likeness (QED) is 0.479. The van der Waals surface area contributed by atoms with E-state index in [9.17, 15) is 13.2 Å². The minimum Gasteiger partial charge on any atom is -0.477 e. The van der Waals surface area contributed by atoms with Crippen LogP contribution in [0.1, 0.15) is 41.3 Å². The number of anilines is 1. The minimum absolute atomic E-state index is 0.248. The average molecular weight is 517 g/mol. The van der Waals surface area contributed by atoms with E-state index in [-0.39, 0.29) is 17.8 Å². The van der Waals surface area contributed by atoms with Crippen molar-refractivity contribution in [2.24, 2.45) is 0 Å². The van der Waals surface area contributed by atoms with Crippen LogP contribution in [-0.4, -0.2) is 70.8 Å². The molecule has 3 aromatic heterocycles. The molecule has 0 spiro atoms. The zero-order valence-electron chi connectivity index (χ0n) is 19.0. The summed E-state index contributed by atoms with van der Waals surface area (Å²) < 4.78 is 38.3. The molecule has 1 atom stereocenters. The molecule has 2 fully saturated rings. The van der Waals surface area contributed by atoms with Crippen LogP contribution in [-0.2, 0) is 14.8 Å². The second-order valence-corrected chi connectivity index (χ2v) is 11.1. The van der Waals surface area contributed by atoms with Gasteiger partial charge in [0.1, 0.15) is 5.69 Å². The van der Waals surface area contributed by atoms with Crippen LogP contribution in [0.25, 0.3) is 10.6 Å². The molecule has 1 saturated heterocycles. The van der Waals surface area contributed by atoms with E-state index in [1.54, 1.807) is 29.4 Å². The van der Waals surface area contributed by atoms with Crippen LogP contribution in [0.15, 0.2) is 36.9 Å². The van der Waals surface area contributed by atoms with Crippen LogP contribution in [0.5, 0.6) is 5.88 Å². The molecule has 0 bridgehead atoms. The van der Waals surface area contributed by atoms with Gasteiger partial charge in [-0.15, -0.1) is 11.3 Å². The Morgan fingerprint density at radius 3 is 2.94 bits per heavy atom. The fraction of sp³-hybridized carbons (Fsp3) is 0.409. The maximum atomic E-state index is 13.4. The van der Waals surface area contributed by atoms with Crippen LogP contribution in [0.2, 0.25) is 0 Å². The van der Waals surface area contributed by atoms with Gasteiger partial charge in [0.2, 0.25) is 15.9 Å². The van der Waals surface area contributed by atoms with E-state index in [2.05, 4.69) is 24.7 Å². The number of nitrogens with one attached hydrogen (secondary N) is 1. The number of thiazole rings is 1. The third kappa shape index (κ3) is 5.26. The lowest BCUT2D eigenvalue weighted by Crippen LogP contribution is -2.43. The van der Waals surface area contributed by atoms with Crippen LogP contribution >= 0.6 is 11.3 Å². The van der Waals surface area contributed by atoms with Crippen molar-refractivity contribution in [2.45, 2.75) is 31.1 Å². The SMILES string of the molecule is CCOc1cncc(-c2cnc(C(=O)N3CCOCC3c3cc(NS(=O)(=O)C4CC4)ccn3)s2)n1. The lowest BCUT2D eigenvalue weighted by atomic mass is 10.1. The summed E-state index contributed by atoms with van der Waals surface area (Å²) >= 11 is 1.22. The van der Waals surface area contributed by atoms with E-state index in [4.69, 9.17) is 9.47 Å². The molecule has 1 aliphatic carbocycles. The van der Waals surface area contributed by atoms with Gasteiger partial charge in [-0.1, -0.05) is 0 Å². The van der Waals surface area contributed by atoms with Gasteiger partial charge in [-0.3, -0.25) is 19.5 Å². The number of carbonyl (C=O) groups excluding carboxylic acids is 1. The van der Waals surface area contributed by atoms with E-state index < -0.39 is 16.1 Å². The molecular weight excluding hydrogens is 492 g/mol. The maximum absolute atomic E-state index is 13.4. The number of aromatic nitrogens is 4. The largest absolute Gasteiger partial charge is 0.477 e. The highest BCUT2D eigenvalue weighted by molar-refractivity contribution is 7.93. The number of sulfonamides is 1. The van der Waals surface area contributed by atoms with Crippen molar-refractivity contribution < 1.29 is 22.7 Å². The van der Waals surface area contributed by atoms with E-state index in [1.807, 2.05) is 6.92 Å². The maximum Gasteiger partial charge on any atom is 0.283 e. The molecule has 4 heterocycles. The van der Waals surface area contributed by atoms with Crippen LogP contribution < -0.4 is 9.46 Å². The molecule has 5 rings (SSSR count). The number of hydrogen-bond donors (Lipinski definition) is 1. The summed E-state index contributed by atoms with van der Waals surface area (Å²) in [5.41, 5.74) is 1.54. The lowest BCUT2D eigenvalue weighted by molar-refractivity contribution is -0.00389. The Labute approximate surface area is 206 Å². The fourth-order valence-electron chi connectivity index (χ4n) is 3.71. The molecule has 1 aliphatic heterocycles. The van der Waals surface area contributed by atoms with Crippen LogP contribution in [0.3, 0.4) is 0 Å². The molecule has 1 amide bonds. The Morgan fingerprint density at radius 2 is 2.14 bits per heavy atom. The lowest BCUT2D eigenvalue weighted by Gasteiger charge is -2.34. The molecule has 2 aliphatic rings. The fourth-order valence-corrected chi connectivity index (χ4v) is 5.92. The van der Waals surface area contributed by atoms with Gasteiger partial charge in [0, 0.05) is 18.9 Å². The molecule has 11 nitrogen and oxygen atoms in total. The number of nitrogens with zero attached hydrogens (tertiary/aromatic N) is 5. The van der Waals surface area contributed by atoms with Crippen LogP contribution in [0.4, 0.5) is 5.69 Å². The van der Waals surface area contributed by atoms with E-state index in [1.165, 1.54) is 23.7 Å². The highest BCUT2D eigenvalue weighted by Gasteiger charge is 2.36. The van der Waals surface area contributed by atoms with Gasteiger partial charge in [-0.25, -0.2) is 18.4 Å². The molecule has 0 radical (unpaired) electrons. The van der Waals surface area contributed by atoms with Gasteiger partial charge in [0.15, 0.2) is 5.01 Å². The summed E-state index contributed by atoms with van der Waals surface area (Å²) in [5, 5.41) is -0.0330. The summed E-state index contributed by atoms with van der Waals surface area (Å²) in [6, 6.07) is 2.78. The second-order valence-electron chi connectivity index (χ2n) is 8.11. The van der Waals surface area contributed by atoms with Gasteiger partial charge in [0.05, 0.1) is 59.8 Å². The predicted molar refractivity (Wildman–Crippen MR) is 129 cm³/mol. The van der Waals surface area contributed by atoms with Gasteiger partial charge in [0.25, 0.3) is 5.91 Å². The zero-order chi connectivity index (χ0) is 24.4. The topological polar surface area (TPSA) is 136 Å². The second kappa shape index (κ2) is 9.84. The van der Waals surface area contributed by atoms with Gasteiger partial charge in [-0.2, -0.15) is 0 Å². The van der Waals surface area contributed by atoms with Crippen molar-refractivity contribution in [3.8, 4) is 16.5 Å². The first-order chi connectivity index (χ1) is 16.9. The Balaban J connectivity index is 1.36. The number of ether oxygens (including phenoxy) is 2. The standard InChI is InChI=1S/C22H24N6O5S2/c1-2-33-20-12-23-10-17(26-20)19-11-25-21(34-19)22(29)28-7-8-32-13-18(28)16-9-14(5-6-24-16)27-35(30,31)15-3-4-15/h5-6,9-12,15,18H,2-4,7-8,13H2,1H3,(H,24,27). The molecule has 13 heteroatoms. The molecule has 1 N–H and O–H groups in total. The monoisotopic (exact) mass is 516 g/mol. The van der Waals surface area contributed by atoms with Crippen molar-refractivity contribution in [3.05, 3.63) is 47.6 Å². The number of morpholine rings is 1. The van der Waals surface area contributed by atoms with E-state index in [0.29, 0.717) is 65.4 Å². The average Bonchev–Trinajstić information content (AvgIpc) is 3.62. The van der Waals surface area contributed by atoms with Gasteiger partial charge < -0.3 is 14.4 Å². The normalized spacial score (nSPS) is 18.3. The third-order valence-electron chi connectivity index (χ3n) is 5.58. The number of hydrogen-bond acceptors (Lipinski definition) is 10. The molecule has 3 aromatic rings. The molecular formula is C22H24N6O5S2. The molecule has 1 saturated carbocycles. The third-order valence-corrected chi connectivity index (χ3v) is 8.46. The van der Waals surface area contributed by atoms with Crippen molar-refractivity contribution in [1.82, 2.24) is 24.8 Å². The first-order valence-corrected chi connectivity index (χ1v) is 13.6. The summed E-state index contributed by atoms with van der Waals surface area (Å²) in [7, 11) is -3.41. The Kier molecular flexibility index (Phi) is 6.62.